The molecule has 7 rings (SSSR count). The van der Waals surface area contributed by atoms with E-state index in [1.54, 1.807) is 0 Å². The van der Waals surface area contributed by atoms with Crippen LogP contribution in [-0.4, -0.2) is 93.9 Å². The number of rotatable bonds is 3. The molecule has 7 heterocycles. The number of fused-ring (bicyclic) bond motifs is 5. The Morgan fingerprint density at radius 1 is 0.860 bits per heavy atom. The molecule has 14 atom stereocenters. The van der Waals surface area contributed by atoms with Crippen molar-refractivity contribution in [1.29, 1.82) is 0 Å². The summed E-state index contributed by atoms with van der Waals surface area (Å²) in [5.74, 6) is -3.25. The Hall–Kier alpha value is -1.37. The molecule has 7 saturated heterocycles. The third-order valence-corrected chi connectivity index (χ3v) is 10.1. The van der Waals surface area contributed by atoms with Crippen molar-refractivity contribution >= 4 is 5.97 Å². The summed E-state index contributed by atoms with van der Waals surface area (Å²) >= 11 is 0. The number of carbonyl (C=O) groups is 1. The van der Waals surface area contributed by atoms with Gasteiger partial charge < -0.3 is 43.7 Å². The van der Waals surface area contributed by atoms with Gasteiger partial charge >= 0.3 is 5.97 Å². The normalized spacial score (nSPS) is 51.0. The van der Waals surface area contributed by atoms with Crippen LogP contribution >= 0.6 is 0 Å². The van der Waals surface area contributed by atoms with E-state index in [4.69, 9.17) is 28.4 Å². The third-order valence-electron chi connectivity index (χ3n) is 10.1. The van der Waals surface area contributed by atoms with Crippen LogP contribution in [0.5, 0.6) is 0 Å². The minimum atomic E-state index is -1.69. The molecule has 242 valence electrons. The number of ether oxygens (including phenoxy) is 6. The van der Waals surface area contributed by atoms with Gasteiger partial charge in [0.15, 0.2) is 11.6 Å². The van der Waals surface area contributed by atoms with Crippen LogP contribution in [-0.2, 0) is 33.2 Å². The summed E-state index contributed by atoms with van der Waals surface area (Å²) in [5, 5.41) is 33.8. The molecule has 10 heteroatoms. The van der Waals surface area contributed by atoms with Crippen LogP contribution in [0.3, 0.4) is 0 Å². The predicted molar refractivity (Wildman–Crippen MR) is 155 cm³/mol. The van der Waals surface area contributed by atoms with Crippen LogP contribution in [0.1, 0.15) is 91.4 Å². The van der Waals surface area contributed by atoms with Gasteiger partial charge in [0, 0.05) is 38.5 Å². The molecule has 0 spiro atoms. The van der Waals surface area contributed by atoms with Crippen LogP contribution in [0.2, 0.25) is 0 Å². The van der Waals surface area contributed by atoms with E-state index in [2.05, 4.69) is 39.5 Å². The van der Waals surface area contributed by atoms with Crippen LogP contribution in [0.15, 0.2) is 24.3 Å². The Bertz CT molecular complexity index is 1050. The van der Waals surface area contributed by atoms with E-state index in [0.717, 1.165) is 24.8 Å². The second-order valence-corrected chi connectivity index (χ2v) is 14.3. The molecule has 0 aromatic rings. The summed E-state index contributed by atoms with van der Waals surface area (Å²) < 4.78 is 37.3. The number of allylic oxidation sites excluding steroid dienone is 1. The molecule has 7 fully saturated rings. The van der Waals surface area contributed by atoms with Gasteiger partial charge in [-0.1, -0.05) is 45.1 Å². The molecule has 3 N–H and O–H groups in total. The van der Waals surface area contributed by atoms with E-state index in [1.165, 1.54) is 0 Å². The van der Waals surface area contributed by atoms with Gasteiger partial charge in [0.1, 0.15) is 12.2 Å². The average Bonchev–Trinajstić information content (AvgIpc) is 3.62. The summed E-state index contributed by atoms with van der Waals surface area (Å²) in [7, 11) is 0. The maximum Gasteiger partial charge on any atom is 0.311 e. The molecule has 7 aliphatic heterocycles. The van der Waals surface area contributed by atoms with Crippen molar-refractivity contribution in [2.45, 2.75) is 164 Å². The van der Waals surface area contributed by atoms with Gasteiger partial charge in [0.25, 0.3) is 0 Å². The van der Waals surface area contributed by atoms with Crippen LogP contribution in [0.4, 0.5) is 0 Å². The second kappa shape index (κ2) is 12.4. The lowest BCUT2D eigenvalue weighted by Crippen LogP contribution is -2.46. The fourth-order valence-electron chi connectivity index (χ4n) is 8.44. The van der Waals surface area contributed by atoms with Crippen LogP contribution in [0.25, 0.3) is 0 Å². The van der Waals surface area contributed by atoms with Crippen LogP contribution in [0, 0.1) is 11.8 Å². The van der Waals surface area contributed by atoms with E-state index in [0.29, 0.717) is 32.1 Å². The Labute approximate surface area is 254 Å². The molecule has 43 heavy (non-hydrogen) atoms. The molecule has 8 bridgehead atoms. The molecule has 0 aromatic heterocycles. The summed E-state index contributed by atoms with van der Waals surface area (Å²) in [4.78, 5) is 13.3. The van der Waals surface area contributed by atoms with Crippen molar-refractivity contribution in [2.24, 2.45) is 11.8 Å². The zero-order valence-electron chi connectivity index (χ0n) is 25.8. The van der Waals surface area contributed by atoms with Gasteiger partial charge in [0.05, 0.1) is 55.3 Å². The molecule has 10 nitrogen and oxygen atoms in total. The highest BCUT2D eigenvalue weighted by Gasteiger charge is 2.55. The molecular formula is C33H50O10. The molecule has 0 unspecified atom stereocenters. The quantitative estimate of drug-likeness (QED) is 0.324. The lowest BCUT2D eigenvalue weighted by Gasteiger charge is -2.42. The zero-order chi connectivity index (χ0) is 30.5. The summed E-state index contributed by atoms with van der Waals surface area (Å²) in [6.07, 6.45) is 4.82. The highest BCUT2D eigenvalue weighted by atomic mass is 16.7. The van der Waals surface area contributed by atoms with Gasteiger partial charge in [-0.2, -0.15) is 0 Å². The van der Waals surface area contributed by atoms with Gasteiger partial charge in [-0.05, 0) is 37.5 Å². The minimum absolute atomic E-state index is 0.0190. The number of esters is 1. The Balaban J connectivity index is 1.23. The smallest absolute Gasteiger partial charge is 0.311 e. The maximum atomic E-state index is 13.3. The van der Waals surface area contributed by atoms with E-state index >= 15 is 0 Å². The summed E-state index contributed by atoms with van der Waals surface area (Å²) in [5.41, 5.74) is 0.791. The highest BCUT2D eigenvalue weighted by molar-refractivity contribution is 5.70. The molecule has 0 radical (unpaired) electrons. The van der Waals surface area contributed by atoms with Crippen molar-refractivity contribution in [1.82, 2.24) is 0 Å². The Morgan fingerprint density at radius 3 is 2.42 bits per heavy atom. The van der Waals surface area contributed by atoms with Gasteiger partial charge in [-0.25, -0.2) is 0 Å². The Kier molecular flexibility index (Phi) is 9.14. The topological polar surface area (TPSA) is 133 Å². The van der Waals surface area contributed by atoms with Crippen molar-refractivity contribution in [3.05, 3.63) is 24.3 Å². The third kappa shape index (κ3) is 7.07. The van der Waals surface area contributed by atoms with E-state index in [9.17, 15) is 20.1 Å². The van der Waals surface area contributed by atoms with E-state index in [-0.39, 0.29) is 55.5 Å². The first-order valence-corrected chi connectivity index (χ1v) is 16.4. The monoisotopic (exact) mass is 606 g/mol. The zero-order valence-corrected chi connectivity index (χ0v) is 25.8. The van der Waals surface area contributed by atoms with Crippen LogP contribution < -0.4 is 0 Å². The number of hydrogen-bond donors (Lipinski definition) is 3. The predicted octanol–water partition coefficient (Wildman–Crippen LogP) is 3.45. The van der Waals surface area contributed by atoms with E-state index in [1.807, 2.05) is 0 Å². The number of aliphatic hydroxyl groups excluding tert-OH is 1. The summed E-state index contributed by atoms with van der Waals surface area (Å²) in [6.45, 7) is 10.6. The molecule has 0 saturated carbocycles. The molecule has 0 aliphatic carbocycles. The molecular weight excluding hydrogens is 556 g/mol. The second-order valence-electron chi connectivity index (χ2n) is 14.3. The van der Waals surface area contributed by atoms with Crippen molar-refractivity contribution in [2.75, 3.05) is 0 Å². The molecule has 0 aromatic carbocycles. The number of hydrogen-bond acceptors (Lipinski definition) is 10. The first kappa shape index (κ1) is 31.6. The average molecular weight is 607 g/mol. The fourth-order valence-corrected chi connectivity index (χ4v) is 8.44. The highest BCUT2D eigenvalue weighted by Crippen LogP contribution is 2.44. The van der Waals surface area contributed by atoms with Crippen molar-refractivity contribution in [3.8, 4) is 0 Å². The summed E-state index contributed by atoms with van der Waals surface area (Å²) in [6, 6.07) is 0. The lowest BCUT2D eigenvalue weighted by atomic mass is 9.85. The maximum absolute atomic E-state index is 13.3. The minimum Gasteiger partial charge on any atom is -0.459 e. The van der Waals surface area contributed by atoms with Gasteiger partial charge in [-0.3, -0.25) is 4.79 Å². The lowest BCUT2D eigenvalue weighted by molar-refractivity contribution is -0.268. The standard InChI is InChI=1S/C33H50O10/c1-5-6-7-21-10-20(4)30(38-21)31-27-12-22(39-31)8-18(2)14-32(36)15-19(3)9-23(42-32)11-24(34)25-13-26-28(40-25)16-33(37,43-26)17-29(35)41-27/h6-7,19-28,30-31,34,36-37H,2,5,8-17H2,1,3-4H3/b7-6+/t19-,20-,21+,22+,23-,24+,25+,26+,27-,28+,30-,31+,32-,33+/m1/s1. The SMILES string of the molecule is C=C1C[C@H]2C[C@@H](OC(=O)C[C@]3(O)C[C@@H]4O[C@@H](C[C@@H]4O3)[C@@H](O)C[C@H]3C[C@@H](C)C[C@@](O)(C1)O3)[C@@H]([C@@H]1O[C@@H](/C=C/CC)C[C@H]1C)O2. The van der Waals surface area contributed by atoms with Crippen molar-refractivity contribution < 1.29 is 48.5 Å². The van der Waals surface area contributed by atoms with E-state index < -0.39 is 54.2 Å². The first-order chi connectivity index (χ1) is 20.4. The molecule has 7 aliphatic rings. The number of carbonyl (C=O) groups excluding carboxylic acids is 1. The molecule has 0 amide bonds. The van der Waals surface area contributed by atoms with Crippen molar-refractivity contribution in [3.63, 3.8) is 0 Å². The largest absolute Gasteiger partial charge is 0.459 e. The number of aliphatic hydroxyl groups is 3. The fraction of sp³-hybridized carbons (Fsp3) is 0.848. The Morgan fingerprint density at radius 2 is 1.65 bits per heavy atom. The van der Waals surface area contributed by atoms with Gasteiger partial charge in [0.2, 0.25) is 0 Å². The first-order valence-electron chi connectivity index (χ1n) is 16.4. The van der Waals surface area contributed by atoms with Gasteiger partial charge in [-0.15, -0.1) is 0 Å².